The lowest BCUT2D eigenvalue weighted by atomic mass is 9.92. The summed E-state index contributed by atoms with van der Waals surface area (Å²) >= 11 is 0. The van der Waals surface area contributed by atoms with E-state index in [1.165, 1.54) is 0 Å². The molecule has 212 valence electrons. The summed E-state index contributed by atoms with van der Waals surface area (Å²) in [5, 5.41) is 11.5. The van der Waals surface area contributed by atoms with Crippen LogP contribution in [0.2, 0.25) is 0 Å². The zero-order valence-electron chi connectivity index (χ0n) is 22.8. The van der Waals surface area contributed by atoms with Crippen LogP contribution in [0.3, 0.4) is 0 Å². The first-order chi connectivity index (χ1) is 19.3. The van der Waals surface area contributed by atoms with Gasteiger partial charge in [-0.15, -0.1) is 0 Å². The van der Waals surface area contributed by atoms with Gasteiger partial charge in [-0.05, 0) is 30.5 Å². The number of ether oxygens (including phenoxy) is 6. The standard InChI is InChI=1S/C32H36O8/c1-31(2)38-26-18-32(34,30(33)37-21-25-16-10-5-11-17-25)40-29(28(26)39-31)27(36-20-24-14-8-4-9-15-24)22-35-19-23-12-6-3-7-13-23/h3-17,26-29,34H,18-22H2,1-2H3/t26-,27-,28?,29?,32-/m1/s1. The van der Waals surface area contributed by atoms with Gasteiger partial charge in [-0.25, -0.2) is 4.79 Å². The molecule has 2 aliphatic rings. The van der Waals surface area contributed by atoms with E-state index in [0.29, 0.717) is 6.61 Å². The fraction of sp³-hybridized carbons (Fsp3) is 0.406. The molecule has 2 aliphatic heterocycles. The van der Waals surface area contributed by atoms with Crippen molar-refractivity contribution in [3.63, 3.8) is 0 Å². The predicted molar refractivity (Wildman–Crippen MR) is 146 cm³/mol. The van der Waals surface area contributed by atoms with Gasteiger partial charge in [-0.3, -0.25) is 0 Å². The summed E-state index contributed by atoms with van der Waals surface area (Å²) in [5.41, 5.74) is 2.77. The molecule has 0 aromatic heterocycles. The van der Waals surface area contributed by atoms with Gasteiger partial charge in [-0.2, -0.15) is 0 Å². The minimum atomic E-state index is -2.25. The summed E-state index contributed by atoms with van der Waals surface area (Å²) in [4.78, 5) is 13.2. The lowest BCUT2D eigenvalue weighted by Crippen LogP contribution is -2.61. The molecular weight excluding hydrogens is 512 g/mol. The number of carbonyl (C=O) groups excluding carboxylic acids is 1. The number of aliphatic hydroxyl groups is 1. The van der Waals surface area contributed by atoms with Crippen molar-refractivity contribution in [2.24, 2.45) is 0 Å². The van der Waals surface area contributed by atoms with Crippen LogP contribution < -0.4 is 0 Å². The van der Waals surface area contributed by atoms with Crippen molar-refractivity contribution in [2.45, 2.75) is 76.1 Å². The van der Waals surface area contributed by atoms with Crippen LogP contribution in [-0.4, -0.2) is 53.7 Å². The Morgan fingerprint density at radius 1 is 0.825 bits per heavy atom. The molecule has 0 radical (unpaired) electrons. The Kier molecular flexibility index (Phi) is 8.95. The molecule has 0 aliphatic carbocycles. The molecule has 2 fully saturated rings. The van der Waals surface area contributed by atoms with Crippen LogP contribution in [0.4, 0.5) is 0 Å². The molecule has 3 aromatic rings. The summed E-state index contributed by atoms with van der Waals surface area (Å²) in [6.45, 7) is 4.36. The smallest absolute Gasteiger partial charge is 0.367 e. The van der Waals surface area contributed by atoms with Crippen molar-refractivity contribution in [1.82, 2.24) is 0 Å². The Labute approximate surface area is 234 Å². The molecule has 0 amide bonds. The highest BCUT2D eigenvalue weighted by molar-refractivity contribution is 5.77. The van der Waals surface area contributed by atoms with Crippen molar-refractivity contribution < 1.29 is 38.3 Å². The predicted octanol–water partition coefficient (Wildman–Crippen LogP) is 4.53. The number of hydrogen-bond acceptors (Lipinski definition) is 8. The van der Waals surface area contributed by atoms with Crippen LogP contribution >= 0.6 is 0 Å². The average molecular weight is 549 g/mol. The van der Waals surface area contributed by atoms with E-state index in [4.69, 9.17) is 28.4 Å². The number of hydrogen-bond donors (Lipinski definition) is 1. The SMILES string of the molecule is CC1(C)OC2C([C@@H](COCc3ccccc3)OCc3ccccc3)O[C@@](O)(C(=O)OCc3ccccc3)C[C@H]2O1. The number of rotatable bonds is 11. The van der Waals surface area contributed by atoms with Crippen LogP contribution in [0, 0.1) is 0 Å². The molecule has 8 nitrogen and oxygen atoms in total. The Hall–Kier alpha value is -3.11. The average Bonchev–Trinajstić information content (AvgIpc) is 3.28. The van der Waals surface area contributed by atoms with E-state index in [9.17, 15) is 9.90 Å². The molecule has 5 rings (SSSR count). The van der Waals surface area contributed by atoms with Crippen LogP contribution in [0.15, 0.2) is 91.0 Å². The molecule has 40 heavy (non-hydrogen) atoms. The zero-order valence-corrected chi connectivity index (χ0v) is 22.8. The minimum absolute atomic E-state index is 0.00107. The number of carbonyl (C=O) groups is 1. The molecule has 0 bridgehead atoms. The highest BCUT2D eigenvalue weighted by Crippen LogP contribution is 2.42. The first-order valence-corrected chi connectivity index (χ1v) is 13.6. The summed E-state index contributed by atoms with van der Waals surface area (Å²) in [6.07, 6.45) is -2.93. The molecule has 2 saturated heterocycles. The Morgan fingerprint density at radius 3 is 1.98 bits per heavy atom. The second-order valence-electron chi connectivity index (χ2n) is 10.6. The zero-order chi connectivity index (χ0) is 28.0. The maximum absolute atomic E-state index is 13.2. The lowest BCUT2D eigenvalue weighted by molar-refractivity contribution is -0.303. The summed E-state index contributed by atoms with van der Waals surface area (Å²) in [6, 6.07) is 28.8. The van der Waals surface area contributed by atoms with Gasteiger partial charge in [0.1, 0.15) is 24.9 Å². The monoisotopic (exact) mass is 548 g/mol. The van der Waals surface area contributed by atoms with E-state index in [1.54, 1.807) is 13.8 Å². The Bertz CT molecular complexity index is 1220. The molecule has 1 N–H and O–H groups in total. The van der Waals surface area contributed by atoms with E-state index in [0.717, 1.165) is 16.7 Å². The third-order valence-electron chi connectivity index (χ3n) is 6.95. The van der Waals surface area contributed by atoms with Crippen LogP contribution in [0.5, 0.6) is 0 Å². The van der Waals surface area contributed by atoms with Gasteiger partial charge in [0.15, 0.2) is 5.79 Å². The quantitative estimate of drug-likeness (QED) is 0.350. The van der Waals surface area contributed by atoms with E-state index in [1.807, 2.05) is 91.0 Å². The molecule has 0 spiro atoms. The van der Waals surface area contributed by atoms with Gasteiger partial charge in [0.05, 0.1) is 25.9 Å². The Morgan fingerprint density at radius 2 is 1.38 bits per heavy atom. The van der Waals surface area contributed by atoms with Crippen molar-refractivity contribution >= 4 is 5.97 Å². The maximum Gasteiger partial charge on any atom is 0.367 e. The highest BCUT2D eigenvalue weighted by atomic mass is 16.8. The van der Waals surface area contributed by atoms with Crippen LogP contribution in [-0.2, 0) is 53.0 Å². The lowest BCUT2D eigenvalue weighted by Gasteiger charge is -2.43. The Balaban J connectivity index is 1.35. The summed E-state index contributed by atoms with van der Waals surface area (Å²) < 4.78 is 36.4. The fourth-order valence-electron chi connectivity index (χ4n) is 5.05. The molecule has 5 atom stereocenters. The van der Waals surface area contributed by atoms with Crippen LogP contribution in [0.25, 0.3) is 0 Å². The fourth-order valence-corrected chi connectivity index (χ4v) is 5.05. The van der Waals surface area contributed by atoms with Gasteiger partial charge in [-0.1, -0.05) is 91.0 Å². The molecular formula is C32H36O8. The maximum atomic E-state index is 13.2. The highest BCUT2D eigenvalue weighted by Gasteiger charge is 2.59. The summed E-state index contributed by atoms with van der Waals surface area (Å²) in [5.74, 6) is -4.08. The normalized spacial score (nSPS) is 26.1. The van der Waals surface area contributed by atoms with Crippen molar-refractivity contribution in [3.8, 4) is 0 Å². The van der Waals surface area contributed by atoms with E-state index >= 15 is 0 Å². The van der Waals surface area contributed by atoms with Gasteiger partial charge in [0.2, 0.25) is 0 Å². The van der Waals surface area contributed by atoms with E-state index < -0.39 is 42.0 Å². The third kappa shape index (κ3) is 7.14. The van der Waals surface area contributed by atoms with Crippen molar-refractivity contribution in [2.75, 3.05) is 6.61 Å². The summed E-state index contributed by atoms with van der Waals surface area (Å²) in [7, 11) is 0. The second-order valence-corrected chi connectivity index (χ2v) is 10.6. The van der Waals surface area contributed by atoms with Crippen LogP contribution in [0.1, 0.15) is 37.0 Å². The molecule has 2 unspecified atom stereocenters. The largest absolute Gasteiger partial charge is 0.457 e. The van der Waals surface area contributed by atoms with E-state index in [2.05, 4.69) is 0 Å². The molecule has 0 saturated carbocycles. The number of esters is 1. The first-order valence-electron chi connectivity index (χ1n) is 13.6. The first kappa shape index (κ1) is 28.4. The van der Waals surface area contributed by atoms with Gasteiger partial charge in [0.25, 0.3) is 5.79 Å². The van der Waals surface area contributed by atoms with Gasteiger partial charge >= 0.3 is 5.97 Å². The third-order valence-corrected chi connectivity index (χ3v) is 6.95. The van der Waals surface area contributed by atoms with Gasteiger partial charge < -0.3 is 33.5 Å². The molecule has 2 heterocycles. The molecule has 3 aromatic carbocycles. The van der Waals surface area contributed by atoms with Crippen molar-refractivity contribution in [3.05, 3.63) is 108 Å². The number of fused-ring (bicyclic) bond motifs is 1. The number of benzene rings is 3. The minimum Gasteiger partial charge on any atom is -0.457 e. The topological polar surface area (TPSA) is 92.7 Å². The second kappa shape index (κ2) is 12.6. The molecule has 8 heteroatoms. The van der Waals surface area contributed by atoms with E-state index in [-0.39, 0.29) is 26.2 Å². The van der Waals surface area contributed by atoms with Gasteiger partial charge in [0, 0.05) is 6.42 Å². The van der Waals surface area contributed by atoms with Crippen molar-refractivity contribution in [1.29, 1.82) is 0 Å².